The molecule has 0 aliphatic heterocycles. The van der Waals surface area contributed by atoms with E-state index in [0.717, 1.165) is 31.0 Å². The zero-order valence-electron chi connectivity index (χ0n) is 14.0. The first-order chi connectivity index (χ1) is 10.7. The minimum absolute atomic E-state index is 0. The van der Waals surface area contributed by atoms with Crippen LogP contribution in [0.4, 0.5) is 4.39 Å². The maximum atomic E-state index is 13.6. The summed E-state index contributed by atoms with van der Waals surface area (Å²) >= 11 is 1.86. The molecule has 0 heterocycles. The highest BCUT2D eigenvalue weighted by atomic mass is 127. The van der Waals surface area contributed by atoms with E-state index < -0.39 is 0 Å². The van der Waals surface area contributed by atoms with Gasteiger partial charge in [-0.05, 0) is 49.5 Å². The first-order valence-corrected chi connectivity index (χ1v) is 8.94. The van der Waals surface area contributed by atoms with Gasteiger partial charge in [0.1, 0.15) is 0 Å². The molecular formula is C16H27FIN3OS. The summed E-state index contributed by atoms with van der Waals surface area (Å²) in [4.78, 5) is 4.48. The molecule has 0 aromatic heterocycles. The standard InChI is InChI=1S/C16H26FN3OS.HI/c1-4-18-16(19-9-5-6-10-22-3)20-12-13-7-8-15(21-2)14(17)11-13;/h7-8,11H,4-6,9-10,12H2,1-3H3,(H2,18,19,20);1H. The lowest BCUT2D eigenvalue weighted by Crippen LogP contribution is -2.37. The van der Waals surface area contributed by atoms with Crippen molar-refractivity contribution in [1.29, 1.82) is 0 Å². The molecule has 23 heavy (non-hydrogen) atoms. The van der Waals surface area contributed by atoms with E-state index in [4.69, 9.17) is 4.74 Å². The second-order valence-corrected chi connectivity index (χ2v) is 5.78. The molecule has 0 atom stereocenters. The van der Waals surface area contributed by atoms with Crippen molar-refractivity contribution < 1.29 is 9.13 Å². The number of ether oxygens (including phenoxy) is 1. The predicted octanol–water partition coefficient (Wildman–Crippen LogP) is 3.65. The third kappa shape index (κ3) is 9.24. The van der Waals surface area contributed by atoms with E-state index in [1.54, 1.807) is 6.07 Å². The van der Waals surface area contributed by atoms with Crippen LogP contribution >= 0.6 is 35.7 Å². The fraction of sp³-hybridized carbons (Fsp3) is 0.562. The van der Waals surface area contributed by atoms with E-state index in [1.165, 1.54) is 25.3 Å². The molecule has 0 unspecified atom stereocenters. The highest BCUT2D eigenvalue weighted by molar-refractivity contribution is 14.0. The first kappa shape index (κ1) is 22.3. The molecule has 0 saturated carbocycles. The van der Waals surface area contributed by atoms with Gasteiger partial charge in [-0.15, -0.1) is 24.0 Å². The van der Waals surface area contributed by atoms with Gasteiger partial charge >= 0.3 is 0 Å². The number of hydrogen-bond acceptors (Lipinski definition) is 3. The van der Waals surface area contributed by atoms with Crippen LogP contribution in [0.3, 0.4) is 0 Å². The lowest BCUT2D eigenvalue weighted by Gasteiger charge is -2.11. The summed E-state index contributed by atoms with van der Waals surface area (Å²) in [7, 11) is 1.46. The smallest absolute Gasteiger partial charge is 0.191 e. The van der Waals surface area contributed by atoms with E-state index in [-0.39, 0.29) is 35.5 Å². The van der Waals surface area contributed by atoms with Crippen LogP contribution in [0.2, 0.25) is 0 Å². The molecule has 1 aromatic rings. The van der Waals surface area contributed by atoms with E-state index >= 15 is 0 Å². The summed E-state index contributed by atoms with van der Waals surface area (Å²) in [5, 5.41) is 6.49. The Morgan fingerprint density at radius 3 is 2.70 bits per heavy atom. The number of nitrogens with zero attached hydrogens (tertiary/aromatic N) is 1. The molecule has 4 nitrogen and oxygen atoms in total. The van der Waals surface area contributed by atoms with Crippen molar-refractivity contribution >= 4 is 41.7 Å². The maximum Gasteiger partial charge on any atom is 0.191 e. The number of hydrogen-bond donors (Lipinski definition) is 2. The number of benzene rings is 1. The third-order valence-corrected chi connectivity index (χ3v) is 3.74. The zero-order chi connectivity index (χ0) is 16.2. The Bertz CT molecular complexity index is 475. The topological polar surface area (TPSA) is 45.7 Å². The Hall–Kier alpha value is -0.700. The van der Waals surface area contributed by atoms with E-state index in [9.17, 15) is 4.39 Å². The van der Waals surface area contributed by atoms with Crippen molar-refractivity contribution in [3.05, 3.63) is 29.6 Å². The Labute approximate surface area is 160 Å². The molecule has 7 heteroatoms. The number of guanidine groups is 1. The molecule has 0 radical (unpaired) electrons. The van der Waals surface area contributed by atoms with Crippen LogP contribution in [-0.4, -0.2) is 38.2 Å². The van der Waals surface area contributed by atoms with Crippen LogP contribution in [0.25, 0.3) is 0 Å². The average molecular weight is 455 g/mol. The van der Waals surface area contributed by atoms with Crippen molar-refractivity contribution in [1.82, 2.24) is 10.6 Å². The Morgan fingerprint density at radius 1 is 1.30 bits per heavy atom. The van der Waals surface area contributed by atoms with E-state index in [2.05, 4.69) is 21.9 Å². The lowest BCUT2D eigenvalue weighted by atomic mass is 10.2. The summed E-state index contributed by atoms with van der Waals surface area (Å²) in [5.74, 6) is 1.85. The van der Waals surface area contributed by atoms with Gasteiger partial charge in [-0.3, -0.25) is 0 Å². The summed E-state index contributed by atoms with van der Waals surface area (Å²) < 4.78 is 18.5. The van der Waals surface area contributed by atoms with Gasteiger partial charge in [-0.1, -0.05) is 6.07 Å². The summed E-state index contributed by atoms with van der Waals surface area (Å²) in [6.45, 7) is 4.15. The van der Waals surface area contributed by atoms with Gasteiger partial charge in [0.2, 0.25) is 0 Å². The second kappa shape index (κ2) is 13.7. The molecule has 0 aliphatic rings. The molecule has 2 N–H and O–H groups in total. The SMILES string of the molecule is CCNC(=NCc1ccc(OC)c(F)c1)NCCCCSC.I. The van der Waals surface area contributed by atoms with Gasteiger partial charge in [-0.2, -0.15) is 11.8 Å². The number of unbranched alkanes of at least 4 members (excludes halogenated alkanes) is 1. The fourth-order valence-electron chi connectivity index (χ4n) is 1.90. The number of methoxy groups -OCH3 is 1. The number of aliphatic imine (C=N–C) groups is 1. The van der Waals surface area contributed by atoms with Crippen LogP contribution in [0.5, 0.6) is 5.75 Å². The van der Waals surface area contributed by atoms with Gasteiger partial charge < -0.3 is 15.4 Å². The van der Waals surface area contributed by atoms with Crippen LogP contribution in [0.1, 0.15) is 25.3 Å². The zero-order valence-corrected chi connectivity index (χ0v) is 17.2. The highest BCUT2D eigenvalue weighted by Gasteiger charge is 2.03. The van der Waals surface area contributed by atoms with Gasteiger partial charge in [0.25, 0.3) is 0 Å². The summed E-state index contributed by atoms with van der Waals surface area (Å²) in [6, 6.07) is 4.92. The summed E-state index contributed by atoms with van der Waals surface area (Å²) in [6.07, 6.45) is 4.42. The van der Waals surface area contributed by atoms with Crippen LogP contribution < -0.4 is 15.4 Å². The Balaban J connectivity index is 0.00000484. The fourth-order valence-corrected chi connectivity index (χ4v) is 2.39. The largest absolute Gasteiger partial charge is 0.494 e. The molecule has 0 amide bonds. The van der Waals surface area contributed by atoms with Crippen molar-refractivity contribution in [2.24, 2.45) is 4.99 Å². The predicted molar refractivity (Wildman–Crippen MR) is 109 cm³/mol. The van der Waals surface area contributed by atoms with Crippen molar-refractivity contribution in [3.8, 4) is 5.75 Å². The van der Waals surface area contributed by atoms with Crippen molar-refractivity contribution in [3.63, 3.8) is 0 Å². The quantitative estimate of drug-likeness (QED) is 0.258. The Morgan fingerprint density at radius 2 is 2.09 bits per heavy atom. The molecule has 1 rings (SSSR count). The number of nitrogens with one attached hydrogen (secondary N) is 2. The molecule has 0 bridgehead atoms. The maximum absolute atomic E-state index is 13.6. The normalized spacial score (nSPS) is 10.9. The molecular weight excluding hydrogens is 428 g/mol. The monoisotopic (exact) mass is 455 g/mol. The lowest BCUT2D eigenvalue weighted by molar-refractivity contribution is 0.386. The number of halogens is 2. The molecule has 0 saturated heterocycles. The van der Waals surface area contributed by atoms with Crippen LogP contribution in [0, 0.1) is 5.82 Å². The molecule has 1 aromatic carbocycles. The van der Waals surface area contributed by atoms with E-state index in [1.807, 2.05) is 24.8 Å². The van der Waals surface area contributed by atoms with Gasteiger partial charge in [0, 0.05) is 13.1 Å². The average Bonchev–Trinajstić information content (AvgIpc) is 2.52. The van der Waals surface area contributed by atoms with Gasteiger partial charge in [-0.25, -0.2) is 9.38 Å². The third-order valence-electron chi connectivity index (χ3n) is 3.05. The first-order valence-electron chi connectivity index (χ1n) is 7.54. The Kier molecular flexibility index (Phi) is 13.3. The minimum Gasteiger partial charge on any atom is -0.494 e. The molecule has 132 valence electrons. The minimum atomic E-state index is -0.356. The van der Waals surface area contributed by atoms with Crippen LogP contribution in [-0.2, 0) is 6.54 Å². The molecule has 0 fully saturated rings. The van der Waals surface area contributed by atoms with Crippen LogP contribution in [0.15, 0.2) is 23.2 Å². The van der Waals surface area contributed by atoms with Crippen molar-refractivity contribution in [2.75, 3.05) is 32.2 Å². The number of thioether (sulfide) groups is 1. The summed E-state index contributed by atoms with van der Waals surface area (Å²) in [5.41, 5.74) is 0.817. The van der Waals surface area contributed by atoms with Gasteiger partial charge in [0.15, 0.2) is 17.5 Å². The number of rotatable bonds is 9. The van der Waals surface area contributed by atoms with E-state index in [0.29, 0.717) is 6.54 Å². The second-order valence-electron chi connectivity index (χ2n) is 4.79. The van der Waals surface area contributed by atoms with Crippen molar-refractivity contribution in [2.45, 2.75) is 26.3 Å². The molecule has 0 spiro atoms. The molecule has 0 aliphatic carbocycles. The highest BCUT2D eigenvalue weighted by Crippen LogP contribution is 2.17. The van der Waals surface area contributed by atoms with Gasteiger partial charge in [0.05, 0.1) is 13.7 Å².